The molecule has 3 rings (SSSR count). The Kier molecular flexibility index (Phi) is 5.64. The molecule has 1 saturated heterocycles. The molecule has 0 bridgehead atoms. The fourth-order valence-corrected chi connectivity index (χ4v) is 4.95. The van der Waals surface area contributed by atoms with E-state index in [0.717, 1.165) is 12.1 Å². The van der Waals surface area contributed by atoms with Crippen LogP contribution >= 0.6 is 0 Å². The molecule has 0 aromatic heterocycles. The number of amides is 1. The number of hydroxylamine groups is 1. The number of hydrogen-bond donors (Lipinski definition) is 2. The molecular weight excluding hydrogens is 396 g/mol. The van der Waals surface area contributed by atoms with Gasteiger partial charge in [0.2, 0.25) is 0 Å². The van der Waals surface area contributed by atoms with Gasteiger partial charge in [-0.15, -0.1) is 0 Å². The highest BCUT2D eigenvalue weighted by Gasteiger charge is 2.52. The van der Waals surface area contributed by atoms with Crippen molar-refractivity contribution in [1.29, 1.82) is 0 Å². The molecule has 0 radical (unpaired) electrons. The molecule has 0 unspecified atom stereocenters. The monoisotopic (exact) mass is 413 g/mol. The third-order valence-electron chi connectivity index (χ3n) is 4.59. The van der Waals surface area contributed by atoms with Gasteiger partial charge >= 0.3 is 0 Å². The minimum absolute atomic E-state index is 0.0371. The molecule has 1 heterocycles. The summed E-state index contributed by atoms with van der Waals surface area (Å²) in [6.45, 7) is 0.119. The lowest BCUT2D eigenvalue weighted by molar-refractivity contribution is -0.134. The standard InChI is InChI=1S/C18H17F2NO6S/c19-15-6-3-13(11-16(15)20)27-12-1-4-14(5-2-12)28(24,25)18(17(22)21-23)7-9-26-10-8-18/h1-6,11,23H,7-10H2,(H,21,22). The molecule has 0 atom stereocenters. The van der Waals surface area contributed by atoms with Crippen molar-refractivity contribution in [2.45, 2.75) is 22.5 Å². The van der Waals surface area contributed by atoms with Crippen LogP contribution in [0.3, 0.4) is 0 Å². The third kappa shape index (κ3) is 3.58. The maximum absolute atomic E-state index is 13.3. The minimum atomic E-state index is -4.15. The number of rotatable bonds is 5. The minimum Gasteiger partial charge on any atom is -0.457 e. The Morgan fingerprint density at radius 1 is 1.04 bits per heavy atom. The summed E-state index contributed by atoms with van der Waals surface area (Å²) < 4.78 is 61.1. The van der Waals surface area contributed by atoms with Crippen LogP contribution in [0.2, 0.25) is 0 Å². The van der Waals surface area contributed by atoms with Crippen molar-refractivity contribution in [2.75, 3.05) is 13.2 Å². The van der Waals surface area contributed by atoms with Crippen LogP contribution in [0, 0.1) is 11.6 Å². The van der Waals surface area contributed by atoms with E-state index in [1.54, 1.807) is 0 Å². The van der Waals surface area contributed by atoms with E-state index in [-0.39, 0.29) is 42.4 Å². The van der Waals surface area contributed by atoms with Crippen LogP contribution < -0.4 is 10.2 Å². The number of sulfone groups is 1. The molecule has 2 aromatic rings. The SMILES string of the molecule is O=C(NO)C1(S(=O)(=O)c2ccc(Oc3ccc(F)c(F)c3)cc2)CCOCC1. The van der Waals surface area contributed by atoms with Gasteiger partial charge in [0, 0.05) is 19.3 Å². The molecule has 2 aromatic carbocycles. The zero-order valence-electron chi connectivity index (χ0n) is 14.5. The molecule has 1 fully saturated rings. The lowest BCUT2D eigenvalue weighted by Crippen LogP contribution is -2.54. The fourth-order valence-electron chi connectivity index (χ4n) is 3.01. The first kappa shape index (κ1) is 20.2. The maximum atomic E-state index is 13.3. The molecule has 7 nitrogen and oxygen atoms in total. The lowest BCUT2D eigenvalue weighted by Gasteiger charge is -2.34. The Labute approximate surface area is 159 Å². The highest BCUT2D eigenvalue weighted by molar-refractivity contribution is 7.93. The van der Waals surface area contributed by atoms with Gasteiger partial charge in [0.15, 0.2) is 26.2 Å². The quantitative estimate of drug-likeness (QED) is 0.577. The molecule has 28 heavy (non-hydrogen) atoms. The number of carbonyl (C=O) groups excluding carboxylic acids is 1. The van der Waals surface area contributed by atoms with Crippen LogP contribution in [0.4, 0.5) is 8.78 Å². The molecule has 0 spiro atoms. The number of halogens is 2. The molecule has 0 saturated carbocycles. The first-order valence-electron chi connectivity index (χ1n) is 8.30. The summed E-state index contributed by atoms with van der Waals surface area (Å²) in [5.74, 6) is -2.88. The van der Waals surface area contributed by atoms with Crippen LogP contribution in [0.15, 0.2) is 47.4 Å². The Bertz CT molecular complexity index is 972. The van der Waals surface area contributed by atoms with Gasteiger partial charge in [0.1, 0.15) is 11.5 Å². The van der Waals surface area contributed by atoms with Gasteiger partial charge in [0.05, 0.1) is 4.90 Å². The Morgan fingerprint density at radius 3 is 2.21 bits per heavy atom. The molecule has 1 aliphatic heterocycles. The Morgan fingerprint density at radius 2 is 1.64 bits per heavy atom. The predicted molar refractivity (Wildman–Crippen MR) is 92.8 cm³/mol. The molecular formula is C18H17F2NO6S. The number of nitrogens with one attached hydrogen (secondary N) is 1. The second kappa shape index (κ2) is 7.82. The van der Waals surface area contributed by atoms with E-state index in [1.807, 2.05) is 0 Å². The molecule has 1 aliphatic rings. The van der Waals surface area contributed by atoms with E-state index >= 15 is 0 Å². The molecule has 1 amide bonds. The van der Waals surface area contributed by atoms with E-state index in [4.69, 9.17) is 14.7 Å². The molecule has 150 valence electrons. The van der Waals surface area contributed by atoms with Gasteiger partial charge in [-0.25, -0.2) is 22.7 Å². The van der Waals surface area contributed by atoms with Crippen LogP contribution in [0.1, 0.15) is 12.8 Å². The number of benzene rings is 2. The van der Waals surface area contributed by atoms with Crippen molar-refractivity contribution >= 4 is 15.7 Å². The van der Waals surface area contributed by atoms with E-state index in [9.17, 15) is 22.0 Å². The number of hydrogen-bond acceptors (Lipinski definition) is 6. The maximum Gasteiger partial charge on any atom is 0.265 e. The lowest BCUT2D eigenvalue weighted by atomic mass is 9.98. The zero-order chi connectivity index (χ0) is 20.4. The highest BCUT2D eigenvalue weighted by atomic mass is 32.2. The fraction of sp³-hybridized carbons (Fsp3) is 0.278. The third-order valence-corrected chi connectivity index (χ3v) is 7.11. The largest absolute Gasteiger partial charge is 0.457 e. The van der Waals surface area contributed by atoms with Crippen molar-refractivity contribution in [3.63, 3.8) is 0 Å². The van der Waals surface area contributed by atoms with E-state index in [0.29, 0.717) is 0 Å². The van der Waals surface area contributed by atoms with Crippen molar-refractivity contribution in [3.8, 4) is 11.5 Å². The first-order valence-corrected chi connectivity index (χ1v) is 9.78. The summed E-state index contributed by atoms with van der Waals surface area (Å²) >= 11 is 0. The van der Waals surface area contributed by atoms with Crippen molar-refractivity contribution in [3.05, 3.63) is 54.1 Å². The summed E-state index contributed by atoms with van der Waals surface area (Å²) in [4.78, 5) is 12.0. The van der Waals surface area contributed by atoms with E-state index in [1.165, 1.54) is 35.8 Å². The summed E-state index contributed by atoms with van der Waals surface area (Å²) in [6.07, 6.45) is -0.205. The van der Waals surface area contributed by atoms with E-state index < -0.39 is 32.1 Å². The summed E-state index contributed by atoms with van der Waals surface area (Å²) in [6, 6.07) is 8.15. The predicted octanol–water partition coefficient (Wildman–Crippen LogP) is 2.59. The summed E-state index contributed by atoms with van der Waals surface area (Å²) in [5.41, 5.74) is 1.44. The first-order chi connectivity index (χ1) is 13.3. The van der Waals surface area contributed by atoms with Crippen LogP contribution in [0.5, 0.6) is 11.5 Å². The Balaban J connectivity index is 1.88. The van der Waals surface area contributed by atoms with Crippen LogP contribution in [-0.2, 0) is 19.4 Å². The summed E-state index contributed by atoms with van der Waals surface area (Å²) in [5, 5.41) is 9.03. The van der Waals surface area contributed by atoms with Gasteiger partial charge in [-0.05, 0) is 49.2 Å². The van der Waals surface area contributed by atoms with Gasteiger partial charge in [0.25, 0.3) is 5.91 Å². The average Bonchev–Trinajstić information content (AvgIpc) is 2.71. The zero-order valence-corrected chi connectivity index (χ0v) is 15.3. The van der Waals surface area contributed by atoms with Gasteiger partial charge < -0.3 is 9.47 Å². The van der Waals surface area contributed by atoms with Gasteiger partial charge in [-0.1, -0.05) is 0 Å². The van der Waals surface area contributed by atoms with Gasteiger partial charge in [-0.3, -0.25) is 10.0 Å². The highest BCUT2D eigenvalue weighted by Crippen LogP contribution is 2.36. The van der Waals surface area contributed by atoms with E-state index in [2.05, 4.69) is 0 Å². The summed E-state index contributed by atoms with van der Waals surface area (Å²) in [7, 11) is -4.15. The molecule has 10 heteroatoms. The number of carbonyl (C=O) groups is 1. The second-order valence-corrected chi connectivity index (χ2v) is 8.46. The molecule has 2 N–H and O–H groups in total. The van der Waals surface area contributed by atoms with Crippen LogP contribution in [-0.4, -0.2) is 37.5 Å². The average molecular weight is 413 g/mol. The van der Waals surface area contributed by atoms with Crippen LogP contribution in [0.25, 0.3) is 0 Å². The smallest absolute Gasteiger partial charge is 0.265 e. The van der Waals surface area contributed by atoms with Crippen molar-refractivity contribution in [1.82, 2.24) is 5.48 Å². The normalized spacial score (nSPS) is 16.4. The second-order valence-electron chi connectivity index (χ2n) is 6.20. The Hall–Kier alpha value is -2.56. The number of ether oxygens (including phenoxy) is 2. The topological polar surface area (TPSA) is 102 Å². The van der Waals surface area contributed by atoms with Crippen molar-refractivity contribution < 1.29 is 36.7 Å². The van der Waals surface area contributed by atoms with Crippen molar-refractivity contribution in [2.24, 2.45) is 0 Å². The van der Waals surface area contributed by atoms with Gasteiger partial charge in [-0.2, -0.15) is 0 Å². The molecule has 0 aliphatic carbocycles.